The first-order valence-corrected chi connectivity index (χ1v) is 16.5. The molecule has 0 aliphatic rings. The lowest BCUT2D eigenvalue weighted by molar-refractivity contribution is -0.158. The van der Waals surface area contributed by atoms with Gasteiger partial charge >= 0.3 is 13.7 Å². The Kier molecular flexibility index (Phi) is 10.6. The SMILES string of the molecule is CCOCc1nc2c(N)nc3ccccc3c2n1C[C@@H](C)OP(=O)(N[C@H](C(=O)OC(C)(C)C)C(C)C)Oc1ccc(Cl)cc1. The molecule has 0 saturated heterocycles. The van der Waals surface area contributed by atoms with Gasteiger partial charge in [0.25, 0.3) is 0 Å². The molecule has 0 fully saturated rings. The fraction of sp³-hybridized carbons (Fsp3) is 0.452. The maximum Gasteiger partial charge on any atom is 0.459 e. The fourth-order valence-electron chi connectivity index (χ4n) is 4.65. The van der Waals surface area contributed by atoms with Crippen LogP contribution in [0.5, 0.6) is 5.75 Å². The first kappa shape index (κ1) is 33.7. The number of nitrogens with zero attached hydrogens (tertiary/aromatic N) is 3. The highest BCUT2D eigenvalue weighted by molar-refractivity contribution is 7.52. The molecule has 4 aromatic rings. The summed E-state index contributed by atoms with van der Waals surface area (Å²) < 4.78 is 39.9. The van der Waals surface area contributed by atoms with Crippen molar-refractivity contribution in [1.29, 1.82) is 0 Å². The van der Waals surface area contributed by atoms with E-state index in [0.29, 0.717) is 34.3 Å². The zero-order valence-corrected chi connectivity index (χ0v) is 27.8. The van der Waals surface area contributed by atoms with Crippen LogP contribution in [0.4, 0.5) is 5.82 Å². The van der Waals surface area contributed by atoms with Gasteiger partial charge in [0.05, 0.1) is 23.7 Å². The van der Waals surface area contributed by atoms with E-state index in [-0.39, 0.29) is 24.8 Å². The smallest absolute Gasteiger partial charge is 0.459 e. The van der Waals surface area contributed by atoms with E-state index in [9.17, 15) is 9.36 Å². The summed E-state index contributed by atoms with van der Waals surface area (Å²) in [6, 6.07) is 13.0. The number of fused-ring (bicyclic) bond motifs is 3. The van der Waals surface area contributed by atoms with Crippen LogP contribution in [0, 0.1) is 5.92 Å². The van der Waals surface area contributed by atoms with Gasteiger partial charge in [0.1, 0.15) is 35.3 Å². The van der Waals surface area contributed by atoms with Crippen LogP contribution in [0.2, 0.25) is 5.02 Å². The van der Waals surface area contributed by atoms with Crippen molar-refractivity contribution < 1.29 is 27.9 Å². The third-order valence-electron chi connectivity index (χ3n) is 6.55. The Morgan fingerprint density at radius 3 is 2.41 bits per heavy atom. The summed E-state index contributed by atoms with van der Waals surface area (Å²) in [5.74, 6) is 0.275. The van der Waals surface area contributed by atoms with Crippen LogP contribution >= 0.6 is 19.3 Å². The van der Waals surface area contributed by atoms with Crippen molar-refractivity contribution in [3.63, 3.8) is 0 Å². The third-order valence-corrected chi connectivity index (χ3v) is 8.48. The minimum absolute atomic E-state index is 0.209. The first-order valence-electron chi connectivity index (χ1n) is 14.5. The molecule has 3 atom stereocenters. The van der Waals surface area contributed by atoms with Gasteiger partial charge in [0, 0.05) is 17.0 Å². The number of ether oxygens (including phenoxy) is 2. The van der Waals surface area contributed by atoms with Gasteiger partial charge in [-0.15, -0.1) is 0 Å². The fourth-order valence-corrected chi connectivity index (χ4v) is 6.62. The number of hydrogen-bond donors (Lipinski definition) is 2. The third kappa shape index (κ3) is 8.28. The number of benzene rings is 2. The number of hydrogen-bond acceptors (Lipinski definition) is 9. The Hall–Kier alpha value is -3.21. The Morgan fingerprint density at radius 2 is 1.77 bits per heavy atom. The number of carbonyl (C=O) groups is 1. The number of halogens is 1. The summed E-state index contributed by atoms with van der Waals surface area (Å²) in [4.78, 5) is 22.5. The molecule has 2 aromatic heterocycles. The van der Waals surface area contributed by atoms with Crippen molar-refractivity contribution >= 4 is 53.1 Å². The zero-order valence-electron chi connectivity index (χ0n) is 26.2. The number of imidazole rings is 1. The highest BCUT2D eigenvalue weighted by Crippen LogP contribution is 2.47. The lowest BCUT2D eigenvalue weighted by atomic mass is 10.1. The molecule has 13 heteroatoms. The van der Waals surface area contributed by atoms with E-state index in [1.54, 1.807) is 52.0 Å². The second kappa shape index (κ2) is 13.8. The molecule has 11 nitrogen and oxygen atoms in total. The molecule has 2 heterocycles. The number of rotatable bonds is 13. The van der Waals surface area contributed by atoms with Crippen LogP contribution < -0.4 is 15.3 Å². The topological polar surface area (TPSA) is 140 Å². The highest BCUT2D eigenvalue weighted by atomic mass is 35.5. The van der Waals surface area contributed by atoms with Crippen molar-refractivity contribution in [1.82, 2.24) is 19.6 Å². The number of esters is 1. The first-order chi connectivity index (χ1) is 20.7. The molecule has 0 aliphatic carbocycles. The Morgan fingerprint density at radius 1 is 1.09 bits per heavy atom. The molecule has 4 rings (SSSR count). The number of pyridine rings is 1. The standard InChI is InChI=1S/C31H41ClN5O6P/c1-8-40-18-25-35-27-28(23-11-9-10-12-24(23)34-29(27)33)37(25)17-20(4)42-44(39,43-22-15-13-21(32)14-16-22)36-26(19(2)3)30(38)41-31(5,6)7/h9-16,19-20,26H,8,17-18H2,1-7H3,(H2,33,34)(H,36,39)/t20-,26+,44?/m1/s1. The molecule has 0 aliphatic heterocycles. The van der Waals surface area contributed by atoms with E-state index in [2.05, 4.69) is 10.1 Å². The normalized spacial score (nSPS) is 14.9. The van der Waals surface area contributed by atoms with Gasteiger partial charge in [-0.05, 0) is 70.9 Å². The van der Waals surface area contributed by atoms with Gasteiger partial charge in [-0.1, -0.05) is 43.6 Å². The second-order valence-electron chi connectivity index (χ2n) is 11.8. The van der Waals surface area contributed by atoms with Crippen molar-refractivity contribution in [3.8, 4) is 5.75 Å². The second-order valence-corrected chi connectivity index (χ2v) is 13.9. The number of nitrogens with one attached hydrogen (secondary N) is 1. The van der Waals surface area contributed by atoms with Crippen LogP contribution in [0.3, 0.4) is 0 Å². The zero-order chi connectivity index (χ0) is 32.2. The van der Waals surface area contributed by atoms with Crippen LogP contribution in [-0.2, 0) is 36.5 Å². The van der Waals surface area contributed by atoms with Gasteiger partial charge in [-0.25, -0.2) is 14.5 Å². The summed E-state index contributed by atoms with van der Waals surface area (Å²) in [6.07, 6.45) is -0.710. The predicted molar refractivity (Wildman–Crippen MR) is 173 cm³/mol. The minimum atomic E-state index is -4.21. The molecule has 0 saturated carbocycles. The molecule has 238 valence electrons. The maximum atomic E-state index is 14.5. The largest absolute Gasteiger partial charge is 0.459 e. The lowest BCUT2D eigenvalue weighted by Gasteiger charge is -2.30. The Labute approximate surface area is 263 Å². The Bertz CT molecular complexity index is 1650. The lowest BCUT2D eigenvalue weighted by Crippen LogP contribution is -2.44. The molecule has 2 aromatic carbocycles. The molecule has 0 amide bonds. The molecular weight excluding hydrogens is 605 g/mol. The highest BCUT2D eigenvalue weighted by Gasteiger charge is 2.39. The predicted octanol–water partition coefficient (Wildman–Crippen LogP) is 6.90. The molecule has 0 radical (unpaired) electrons. The van der Waals surface area contributed by atoms with E-state index in [4.69, 9.17) is 40.8 Å². The summed E-state index contributed by atoms with van der Waals surface area (Å²) in [5.41, 5.74) is 7.59. The molecular formula is C31H41ClN5O6P. The van der Waals surface area contributed by atoms with Crippen molar-refractivity contribution in [2.45, 2.75) is 79.4 Å². The Balaban J connectivity index is 1.72. The molecule has 3 N–H and O–H groups in total. The maximum absolute atomic E-state index is 14.5. The average molecular weight is 646 g/mol. The van der Waals surface area contributed by atoms with E-state index in [1.165, 1.54) is 0 Å². The van der Waals surface area contributed by atoms with E-state index in [1.807, 2.05) is 49.6 Å². The molecule has 0 spiro atoms. The van der Waals surface area contributed by atoms with Crippen LogP contribution in [0.15, 0.2) is 48.5 Å². The van der Waals surface area contributed by atoms with Crippen LogP contribution in [-0.4, -0.2) is 44.9 Å². The van der Waals surface area contributed by atoms with E-state index < -0.39 is 31.5 Å². The summed E-state index contributed by atoms with van der Waals surface area (Å²) in [7, 11) is -4.21. The van der Waals surface area contributed by atoms with Crippen molar-refractivity contribution in [2.75, 3.05) is 12.3 Å². The monoisotopic (exact) mass is 645 g/mol. The number of nitrogens with two attached hydrogens (primary N) is 1. The van der Waals surface area contributed by atoms with Crippen LogP contribution in [0.1, 0.15) is 54.3 Å². The number of aromatic nitrogens is 3. The van der Waals surface area contributed by atoms with E-state index >= 15 is 0 Å². The molecule has 44 heavy (non-hydrogen) atoms. The number of nitrogen functional groups attached to an aromatic ring is 1. The van der Waals surface area contributed by atoms with Crippen molar-refractivity contribution in [3.05, 3.63) is 59.4 Å². The van der Waals surface area contributed by atoms with Gasteiger partial charge in [-0.3, -0.25) is 9.32 Å². The average Bonchev–Trinajstić information content (AvgIpc) is 3.29. The van der Waals surface area contributed by atoms with Gasteiger partial charge in [0.15, 0.2) is 5.82 Å². The number of anilines is 1. The number of para-hydroxylation sites is 1. The summed E-state index contributed by atoms with van der Waals surface area (Å²) in [5, 5.41) is 4.21. The van der Waals surface area contributed by atoms with Gasteiger partial charge in [0.2, 0.25) is 0 Å². The molecule has 0 bridgehead atoms. The summed E-state index contributed by atoms with van der Waals surface area (Å²) >= 11 is 6.06. The number of carbonyl (C=O) groups excluding carboxylic acids is 1. The minimum Gasteiger partial charge on any atom is -0.459 e. The van der Waals surface area contributed by atoms with Gasteiger partial charge < -0.3 is 24.3 Å². The van der Waals surface area contributed by atoms with Crippen LogP contribution in [0.25, 0.3) is 21.9 Å². The molecule has 1 unspecified atom stereocenters. The van der Waals surface area contributed by atoms with Gasteiger partial charge in [-0.2, -0.15) is 5.09 Å². The summed E-state index contributed by atoms with van der Waals surface area (Å²) in [6.45, 7) is 13.5. The van der Waals surface area contributed by atoms with Crippen molar-refractivity contribution in [2.24, 2.45) is 5.92 Å². The quantitative estimate of drug-likeness (QED) is 0.116. The van der Waals surface area contributed by atoms with E-state index in [0.717, 1.165) is 10.9 Å².